The first kappa shape index (κ1) is 24.8. The quantitative estimate of drug-likeness (QED) is 0.145. The molecule has 1 aromatic carbocycles. The van der Waals surface area contributed by atoms with Crippen molar-refractivity contribution >= 4 is 34.8 Å². The van der Waals surface area contributed by atoms with Gasteiger partial charge in [0, 0.05) is 31.1 Å². The molecule has 2 amide bonds. The fourth-order valence-corrected chi connectivity index (χ4v) is 3.17. The van der Waals surface area contributed by atoms with Crippen LogP contribution in [-0.4, -0.2) is 34.7 Å². The number of amides is 2. The van der Waals surface area contributed by atoms with Crippen LogP contribution in [0.2, 0.25) is 0 Å². The molecule has 0 fully saturated rings. The van der Waals surface area contributed by atoms with Gasteiger partial charge in [-0.05, 0) is 56.0 Å². The van der Waals surface area contributed by atoms with Gasteiger partial charge in [0.2, 0.25) is 11.8 Å². The molecule has 0 saturated heterocycles. The van der Waals surface area contributed by atoms with E-state index in [0.29, 0.717) is 36.8 Å². The van der Waals surface area contributed by atoms with E-state index >= 15 is 0 Å². The molecule has 0 aliphatic rings. The largest absolute Gasteiger partial charge is 0.363 e. The van der Waals surface area contributed by atoms with E-state index < -0.39 is 0 Å². The zero-order valence-corrected chi connectivity index (χ0v) is 18.2. The third kappa shape index (κ3) is 12.1. The lowest BCUT2D eigenvalue weighted by Crippen LogP contribution is -2.43. The summed E-state index contributed by atoms with van der Waals surface area (Å²) in [7, 11) is 0. The zero-order chi connectivity index (χ0) is 21.5. The van der Waals surface area contributed by atoms with Crippen LogP contribution in [0.1, 0.15) is 58.8 Å². The highest BCUT2D eigenvalue weighted by Crippen LogP contribution is 2.14. The lowest BCUT2D eigenvalue weighted by atomic mass is 9.96. The van der Waals surface area contributed by atoms with Crippen molar-refractivity contribution in [3.63, 3.8) is 0 Å². The Balaban J connectivity index is 2.29. The summed E-state index contributed by atoms with van der Waals surface area (Å²) >= 11 is 5.39. The predicted octanol–water partition coefficient (Wildman–Crippen LogP) is 3.35. The number of anilines is 1. The molecule has 0 heterocycles. The van der Waals surface area contributed by atoms with Crippen LogP contribution in [0, 0.1) is 5.92 Å². The number of hydrogen-bond acceptors (Lipinski definition) is 4. The number of carbonyl (C=O) groups is 2. The highest BCUT2D eigenvalue weighted by atomic mass is 32.1. The third-order valence-corrected chi connectivity index (χ3v) is 4.99. The molecular weight excluding hydrogens is 388 g/mol. The second-order valence-electron chi connectivity index (χ2n) is 7.29. The molecule has 8 heteroatoms. The van der Waals surface area contributed by atoms with Gasteiger partial charge in [0.05, 0.1) is 0 Å². The topological polar surface area (TPSA) is 102 Å². The van der Waals surface area contributed by atoms with Crippen LogP contribution < -0.4 is 21.4 Å². The number of hydrogen-bond donors (Lipinski definition) is 5. The summed E-state index contributed by atoms with van der Waals surface area (Å²) in [4.78, 5) is 23.1. The molecule has 0 aliphatic heterocycles. The van der Waals surface area contributed by atoms with Crippen molar-refractivity contribution in [2.24, 2.45) is 5.92 Å². The van der Waals surface area contributed by atoms with Crippen LogP contribution in [0.4, 0.5) is 5.69 Å². The molecule has 1 unspecified atom stereocenters. The van der Waals surface area contributed by atoms with Gasteiger partial charge in [0.15, 0.2) is 5.11 Å². The van der Waals surface area contributed by atoms with Gasteiger partial charge in [-0.1, -0.05) is 38.5 Å². The second kappa shape index (κ2) is 14.8. The zero-order valence-electron chi connectivity index (χ0n) is 17.4. The minimum absolute atomic E-state index is 0.0197. The summed E-state index contributed by atoms with van der Waals surface area (Å²) in [5.41, 5.74) is 2.46. The molecule has 162 valence electrons. The van der Waals surface area contributed by atoms with E-state index in [1.165, 1.54) is 0 Å². The van der Waals surface area contributed by atoms with E-state index in [-0.39, 0.29) is 24.3 Å². The molecule has 0 saturated carbocycles. The second-order valence-corrected chi connectivity index (χ2v) is 7.70. The van der Waals surface area contributed by atoms with Crippen LogP contribution in [0.15, 0.2) is 30.3 Å². The molecule has 0 spiro atoms. The van der Waals surface area contributed by atoms with Gasteiger partial charge in [-0.25, -0.2) is 5.48 Å². The lowest BCUT2D eigenvalue weighted by molar-refractivity contribution is -0.129. The minimum Gasteiger partial charge on any atom is -0.363 e. The Morgan fingerprint density at radius 3 is 2.45 bits per heavy atom. The number of rotatable bonds is 13. The Morgan fingerprint density at radius 1 is 1.10 bits per heavy atom. The first-order valence-corrected chi connectivity index (χ1v) is 10.7. The average molecular weight is 423 g/mol. The highest BCUT2D eigenvalue weighted by Gasteiger charge is 2.14. The van der Waals surface area contributed by atoms with E-state index in [1.807, 2.05) is 30.3 Å². The monoisotopic (exact) mass is 422 g/mol. The van der Waals surface area contributed by atoms with Crippen molar-refractivity contribution in [3.05, 3.63) is 30.3 Å². The van der Waals surface area contributed by atoms with Crippen molar-refractivity contribution in [1.82, 2.24) is 16.1 Å². The van der Waals surface area contributed by atoms with Gasteiger partial charge in [-0.15, -0.1) is 0 Å². The molecule has 1 aromatic rings. The molecule has 0 aliphatic carbocycles. The van der Waals surface area contributed by atoms with Crippen LogP contribution in [0.25, 0.3) is 0 Å². The van der Waals surface area contributed by atoms with Gasteiger partial charge in [-0.3, -0.25) is 14.8 Å². The molecule has 7 nitrogen and oxygen atoms in total. The Morgan fingerprint density at radius 2 is 1.79 bits per heavy atom. The normalized spacial score (nSPS) is 12.5. The molecule has 0 aromatic heterocycles. The maximum Gasteiger partial charge on any atom is 0.243 e. The van der Waals surface area contributed by atoms with Gasteiger partial charge in [-0.2, -0.15) is 0 Å². The summed E-state index contributed by atoms with van der Waals surface area (Å²) < 4.78 is 0. The molecule has 2 atom stereocenters. The summed E-state index contributed by atoms with van der Waals surface area (Å²) in [6.07, 6.45) is 4.86. The third-order valence-electron chi connectivity index (χ3n) is 4.72. The lowest BCUT2D eigenvalue weighted by Gasteiger charge is -2.23. The molecule has 0 bridgehead atoms. The number of carbonyl (C=O) groups excluding carboxylic acids is 2. The van der Waals surface area contributed by atoms with Gasteiger partial charge < -0.3 is 16.0 Å². The first-order chi connectivity index (χ1) is 13.9. The molecule has 1 rings (SSSR count). The van der Waals surface area contributed by atoms with Crippen molar-refractivity contribution in [3.8, 4) is 0 Å². The van der Waals surface area contributed by atoms with E-state index in [4.69, 9.17) is 17.4 Å². The van der Waals surface area contributed by atoms with E-state index in [0.717, 1.165) is 24.9 Å². The Bertz CT molecular complexity index is 628. The molecule has 0 radical (unpaired) electrons. The maximum atomic E-state index is 11.9. The molecule has 5 N–H and O–H groups in total. The van der Waals surface area contributed by atoms with Gasteiger partial charge >= 0.3 is 0 Å². The van der Waals surface area contributed by atoms with Crippen molar-refractivity contribution in [2.45, 2.75) is 64.8 Å². The SMILES string of the molecule is CCC(C)C[C@@H](CCCC(=O)NO)NC(=S)NCCCC(=O)Nc1ccccc1. The van der Waals surface area contributed by atoms with E-state index in [2.05, 4.69) is 29.8 Å². The Kier molecular flexibility index (Phi) is 12.6. The Labute approximate surface area is 179 Å². The van der Waals surface area contributed by atoms with Crippen LogP contribution in [0.5, 0.6) is 0 Å². The minimum atomic E-state index is -0.373. The Hall–Kier alpha value is -2.19. The number of hydroxylamine groups is 1. The number of thiocarbonyl (C=S) groups is 1. The van der Waals surface area contributed by atoms with Crippen molar-refractivity contribution < 1.29 is 14.8 Å². The standard InChI is InChI=1S/C21H34N4O3S/c1-3-16(2)15-18(11-7-12-20(27)25-28)24-21(29)22-14-8-13-19(26)23-17-9-5-4-6-10-17/h4-6,9-10,16,18,28H,3,7-8,11-15H2,1-2H3,(H,23,26)(H,25,27)(H2,22,24,29)/t16?,18-/m1/s1. The van der Waals surface area contributed by atoms with Crippen LogP contribution >= 0.6 is 12.2 Å². The fourth-order valence-electron chi connectivity index (χ4n) is 2.90. The van der Waals surface area contributed by atoms with Crippen molar-refractivity contribution in [1.29, 1.82) is 0 Å². The molecule has 29 heavy (non-hydrogen) atoms. The predicted molar refractivity (Wildman–Crippen MR) is 120 cm³/mol. The number of para-hydroxylation sites is 1. The summed E-state index contributed by atoms with van der Waals surface area (Å²) in [5.74, 6) is 0.152. The van der Waals surface area contributed by atoms with Gasteiger partial charge in [0.1, 0.15) is 0 Å². The maximum absolute atomic E-state index is 11.9. The summed E-state index contributed by atoms with van der Waals surface area (Å²) in [5, 5.41) is 18.5. The highest BCUT2D eigenvalue weighted by molar-refractivity contribution is 7.80. The summed E-state index contributed by atoms with van der Waals surface area (Å²) in [6, 6.07) is 9.55. The number of benzene rings is 1. The van der Waals surface area contributed by atoms with E-state index in [1.54, 1.807) is 5.48 Å². The van der Waals surface area contributed by atoms with Crippen LogP contribution in [0.3, 0.4) is 0 Å². The average Bonchev–Trinajstić information content (AvgIpc) is 2.71. The first-order valence-electron chi connectivity index (χ1n) is 10.3. The number of nitrogens with one attached hydrogen (secondary N) is 4. The fraction of sp³-hybridized carbons (Fsp3) is 0.571. The summed E-state index contributed by atoms with van der Waals surface area (Å²) in [6.45, 7) is 4.95. The smallest absolute Gasteiger partial charge is 0.243 e. The van der Waals surface area contributed by atoms with E-state index in [9.17, 15) is 9.59 Å². The van der Waals surface area contributed by atoms with Crippen molar-refractivity contribution in [2.75, 3.05) is 11.9 Å². The van der Waals surface area contributed by atoms with Gasteiger partial charge in [0.25, 0.3) is 0 Å². The van der Waals surface area contributed by atoms with Crippen LogP contribution in [-0.2, 0) is 9.59 Å². The molecular formula is C21H34N4O3S.